The number of carbonyl (C=O) groups is 5. The second-order valence-electron chi connectivity index (χ2n) is 9.82. The van der Waals surface area contributed by atoms with Crippen molar-refractivity contribution in [2.24, 2.45) is 5.92 Å². The number of carbonyl (C=O) groups excluding carboxylic acids is 5. The molecule has 2 aliphatic rings. The fraction of sp³-hybridized carbons (Fsp3) is 0.280. The molecular weight excluding hydrogens is 573 g/mol. The van der Waals surface area contributed by atoms with Gasteiger partial charge in [0.25, 0.3) is 11.8 Å². The zero-order valence-corrected chi connectivity index (χ0v) is 23.5. The number of ether oxygens (including phenoxy) is 1. The van der Waals surface area contributed by atoms with Crippen LogP contribution in [0.2, 0.25) is 0 Å². The number of aromatic nitrogens is 3. The number of para-hydroxylation sites is 1. The molecule has 2 aromatic heterocycles. The van der Waals surface area contributed by atoms with Crippen LogP contribution in [0.3, 0.4) is 0 Å². The Hall–Kier alpha value is -4.73. The van der Waals surface area contributed by atoms with E-state index >= 15 is 0 Å². The molecule has 1 aliphatic heterocycles. The molecule has 2 fully saturated rings. The quantitative estimate of drug-likeness (QED) is 0.189. The van der Waals surface area contributed by atoms with Gasteiger partial charge in [-0.25, -0.2) is 4.98 Å². The van der Waals surface area contributed by atoms with E-state index in [0.717, 1.165) is 29.1 Å². The van der Waals surface area contributed by atoms with Gasteiger partial charge in [0.2, 0.25) is 17.7 Å². The third-order valence-corrected chi connectivity index (χ3v) is 7.23. The van der Waals surface area contributed by atoms with Crippen molar-refractivity contribution in [2.45, 2.75) is 18.1 Å². The monoisotopic (exact) mass is 594 g/mol. The van der Waals surface area contributed by atoms with E-state index in [2.05, 4.69) is 36.4 Å². The van der Waals surface area contributed by atoms with Crippen molar-refractivity contribution < 1.29 is 28.7 Å². The van der Waals surface area contributed by atoms with Crippen molar-refractivity contribution in [1.82, 2.24) is 30.7 Å². The van der Waals surface area contributed by atoms with E-state index in [1.165, 1.54) is 19.4 Å². The Bertz CT molecular complexity index is 1630. The number of thiazole rings is 1. The molecule has 1 aromatic carbocycles. The maximum absolute atomic E-state index is 13.0. The second-order valence-corrected chi connectivity index (χ2v) is 10.8. The number of amides is 5. The maximum atomic E-state index is 13.0. The molecule has 0 atom stereocenters. The first kappa shape index (κ1) is 29.8. The van der Waals surface area contributed by atoms with Gasteiger partial charge in [-0.1, -0.05) is 11.3 Å². The lowest BCUT2D eigenvalue weighted by atomic mass is 9.49. The van der Waals surface area contributed by atoms with Gasteiger partial charge in [0, 0.05) is 12.0 Å². The Labute approximate surface area is 253 Å². The van der Waals surface area contributed by atoms with Crippen LogP contribution in [0.5, 0.6) is 5.75 Å². The normalized spacial score (nSPS) is 15.0. The number of rotatable bonds is 9. The summed E-state index contributed by atoms with van der Waals surface area (Å²) in [5.74, 6) is -2.43. The third-order valence-electron chi connectivity index (χ3n) is 6.21. The molecule has 3 aromatic rings. The number of hydrogen-bond acceptors (Lipinski definition) is 11. The fourth-order valence-corrected chi connectivity index (χ4v) is 5.05. The highest BCUT2D eigenvalue weighted by Gasteiger charge is 2.31. The van der Waals surface area contributed by atoms with Gasteiger partial charge in [0.05, 0.1) is 53.8 Å². The zero-order chi connectivity index (χ0) is 30.9. The lowest BCUT2D eigenvalue weighted by molar-refractivity contribution is -0.135. The van der Waals surface area contributed by atoms with E-state index in [-0.39, 0.29) is 47.0 Å². The van der Waals surface area contributed by atoms with Crippen molar-refractivity contribution in [3.05, 3.63) is 41.0 Å². The molecule has 0 spiro atoms. The minimum absolute atomic E-state index is 0.0959. The third kappa shape index (κ3) is 7.02. The van der Waals surface area contributed by atoms with Crippen molar-refractivity contribution >= 4 is 81.6 Å². The first-order chi connectivity index (χ1) is 20.4. The van der Waals surface area contributed by atoms with Crippen LogP contribution in [-0.2, 0) is 14.4 Å². The number of piperazine rings is 1. The predicted molar refractivity (Wildman–Crippen MR) is 157 cm³/mol. The molecule has 14 nitrogen and oxygen atoms in total. The summed E-state index contributed by atoms with van der Waals surface area (Å²) < 4.78 is 5.68. The summed E-state index contributed by atoms with van der Waals surface area (Å²) in [5.41, 5.74) is 0.734. The topological polar surface area (TPSA) is 185 Å². The summed E-state index contributed by atoms with van der Waals surface area (Å²) in [4.78, 5) is 67.3. The van der Waals surface area contributed by atoms with E-state index in [0.29, 0.717) is 22.0 Å². The lowest BCUT2D eigenvalue weighted by Crippen LogP contribution is -2.53. The van der Waals surface area contributed by atoms with Gasteiger partial charge in [0.15, 0.2) is 17.3 Å². The molecular formula is C25H21B3N8O6S. The number of benzene rings is 1. The van der Waals surface area contributed by atoms with Gasteiger partial charge in [0.1, 0.15) is 23.0 Å². The van der Waals surface area contributed by atoms with Crippen LogP contribution in [0.15, 0.2) is 30.5 Å². The van der Waals surface area contributed by atoms with Crippen LogP contribution in [-0.4, -0.2) is 98.6 Å². The second kappa shape index (κ2) is 11.9. The Kier molecular flexibility index (Phi) is 8.22. The van der Waals surface area contributed by atoms with Gasteiger partial charge < -0.3 is 25.6 Å². The van der Waals surface area contributed by atoms with Crippen molar-refractivity contribution in [3.8, 4) is 16.3 Å². The summed E-state index contributed by atoms with van der Waals surface area (Å²) in [5, 5.41) is 16.3. The highest BCUT2D eigenvalue weighted by Crippen LogP contribution is 2.40. The molecule has 0 bridgehead atoms. The Morgan fingerprint density at radius 2 is 1.81 bits per heavy atom. The molecule has 5 rings (SSSR count). The Balaban J connectivity index is 1.45. The number of nitrogens with one attached hydrogen (secondary N) is 4. The van der Waals surface area contributed by atoms with E-state index in [4.69, 9.17) is 28.3 Å². The Morgan fingerprint density at radius 3 is 2.47 bits per heavy atom. The standard InChI is InChI=1S/C25H21B3N8O6S/c1-42-20-12(23-29-8-15(43-23)24(41)36-9-17(37)32-18(38)10-36)3-2-4-13(20)30-14-7-16(31-21(39)11-5-6-11)34-35-19(14)22(40)33-25(26,27)28/h2-4,7-8,11H,5-6,9-10H2,1H3,(H,33,40)(H,32,37,38)(H2,30,31,34,39). The van der Waals surface area contributed by atoms with Gasteiger partial charge in [-0.2, -0.15) is 0 Å². The molecule has 5 amide bonds. The molecule has 0 unspecified atom stereocenters. The highest BCUT2D eigenvalue weighted by atomic mass is 32.1. The summed E-state index contributed by atoms with van der Waals surface area (Å²) >= 11 is 1.04. The van der Waals surface area contributed by atoms with Gasteiger partial charge in [-0.3, -0.25) is 29.3 Å². The van der Waals surface area contributed by atoms with Gasteiger partial charge in [-0.05, 0) is 25.0 Å². The molecule has 1 saturated heterocycles. The van der Waals surface area contributed by atoms with Crippen molar-refractivity contribution in [1.29, 1.82) is 0 Å². The molecule has 3 heterocycles. The SMILES string of the molecule is [B]C([B])([B])NC(=O)c1nnc(NC(=O)C2CC2)cc1Nc1cccc(-c2ncc(C(=O)N3CC(=O)NC(=O)C3)s2)c1OC. The lowest BCUT2D eigenvalue weighted by Gasteiger charge is -2.24. The van der Waals surface area contributed by atoms with Gasteiger partial charge >= 0.3 is 0 Å². The number of methoxy groups -OCH3 is 1. The summed E-state index contributed by atoms with van der Waals surface area (Å²) in [7, 11) is 18.0. The zero-order valence-electron chi connectivity index (χ0n) is 22.7. The molecule has 18 heteroatoms. The summed E-state index contributed by atoms with van der Waals surface area (Å²) in [6, 6.07) is 6.46. The van der Waals surface area contributed by atoms with E-state index in [1.807, 2.05) is 0 Å². The first-order valence-corrected chi connectivity index (χ1v) is 13.6. The maximum Gasteiger partial charge on any atom is 0.272 e. The average Bonchev–Trinajstić information content (AvgIpc) is 3.68. The molecule has 1 aliphatic carbocycles. The molecule has 1 saturated carbocycles. The first-order valence-electron chi connectivity index (χ1n) is 12.8. The molecule has 212 valence electrons. The van der Waals surface area contributed by atoms with Crippen LogP contribution in [0.4, 0.5) is 17.2 Å². The van der Waals surface area contributed by atoms with E-state index < -0.39 is 28.9 Å². The van der Waals surface area contributed by atoms with Crippen molar-refractivity contribution in [2.75, 3.05) is 30.8 Å². The number of nitrogens with zero attached hydrogens (tertiary/aromatic N) is 4. The number of hydrogen-bond donors (Lipinski definition) is 4. The van der Waals surface area contributed by atoms with Gasteiger partial charge in [-0.15, -0.1) is 21.5 Å². The summed E-state index contributed by atoms with van der Waals surface area (Å²) in [6.07, 6.45) is 2.90. The average molecular weight is 594 g/mol. The minimum Gasteiger partial charge on any atom is -0.494 e. The fourth-order valence-electron chi connectivity index (χ4n) is 4.15. The number of anilines is 3. The van der Waals surface area contributed by atoms with Crippen LogP contribution in [0.25, 0.3) is 10.6 Å². The molecule has 4 N–H and O–H groups in total. The highest BCUT2D eigenvalue weighted by molar-refractivity contribution is 7.17. The largest absolute Gasteiger partial charge is 0.494 e. The van der Waals surface area contributed by atoms with Crippen molar-refractivity contribution in [3.63, 3.8) is 0 Å². The van der Waals surface area contributed by atoms with Crippen LogP contribution >= 0.6 is 11.3 Å². The van der Waals surface area contributed by atoms with Crippen LogP contribution < -0.4 is 26.0 Å². The van der Waals surface area contributed by atoms with Crippen LogP contribution in [0, 0.1) is 5.92 Å². The summed E-state index contributed by atoms with van der Waals surface area (Å²) in [6.45, 7) is -0.502. The number of imide groups is 1. The minimum atomic E-state index is -2.04. The van der Waals surface area contributed by atoms with E-state index in [1.54, 1.807) is 18.2 Å². The molecule has 6 radical (unpaired) electrons. The smallest absolute Gasteiger partial charge is 0.272 e. The Morgan fingerprint density at radius 1 is 1.09 bits per heavy atom. The molecule has 43 heavy (non-hydrogen) atoms. The van der Waals surface area contributed by atoms with Crippen LogP contribution in [0.1, 0.15) is 33.0 Å². The predicted octanol–water partition coefficient (Wildman–Crippen LogP) is -0.354. The van der Waals surface area contributed by atoms with E-state index in [9.17, 15) is 24.0 Å².